The van der Waals surface area contributed by atoms with E-state index in [9.17, 15) is 5.11 Å². The van der Waals surface area contributed by atoms with Crippen LogP contribution in [0.15, 0.2) is 18.2 Å². The Labute approximate surface area is 121 Å². The molecule has 0 radical (unpaired) electrons. The van der Waals surface area contributed by atoms with Gasteiger partial charge in [0.05, 0.1) is 0 Å². The Morgan fingerprint density at radius 1 is 1.10 bits per heavy atom. The molecule has 2 heteroatoms. The lowest BCUT2D eigenvalue weighted by Crippen LogP contribution is -2.50. The Morgan fingerprint density at radius 3 is 2.15 bits per heavy atom. The first kappa shape index (κ1) is 12.7. The van der Waals surface area contributed by atoms with Crippen molar-refractivity contribution in [2.24, 2.45) is 28.9 Å². The first-order valence-electron chi connectivity index (χ1n) is 8.11. The SMILES string of the molecule is Cc1cc(C(N)C23CC4CC(CC(C4)C2)C3)ccc1O. The van der Waals surface area contributed by atoms with E-state index in [0.29, 0.717) is 11.2 Å². The minimum absolute atomic E-state index is 0.148. The molecule has 1 unspecified atom stereocenters. The molecule has 4 bridgehead atoms. The zero-order valence-corrected chi connectivity index (χ0v) is 12.3. The van der Waals surface area contributed by atoms with Crippen LogP contribution in [-0.4, -0.2) is 5.11 Å². The molecule has 3 N–H and O–H groups in total. The molecule has 4 fully saturated rings. The molecule has 0 saturated heterocycles. The molecule has 1 atom stereocenters. The van der Waals surface area contributed by atoms with E-state index in [1.165, 1.54) is 44.1 Å². The molecule has 0 spiro atoms. The molecule has 0 aromatic heterocycles. The highest BCUT2D eigenvalue weighted by atomic mass is 16.3. The summed E-state index contributed by atoms with van der Waals surface area (Å²) in [6, 6.07) is 6.09. The normalized spacial score (nSPS) is 40.0. The van der Waals surface area contributed by atoms with Gasteiger partial charge in [0.15, 0.2) is 0 Å². The van der Waals surface area contributed by atoms with Crippen LogP contribution >= 0.6 is 0 Å². The molecule has 2 nitrogen and oxygen atoms in total. The van der Waals surface area contributed by atoms with Gasteiger partial charge in [-0.25, -0.2) is 0 Å². The number of rotatable bonds is 2. The number of nitrogens with two attached hydrogens (primary N) is 1. The molecule has 1 aromatic carbocycles. The van der Waals surface area contributed by atoms with Crippen molar-refractivity contribution in [3.05, 3.63) is 29.3 Å². The van der Waals surface area contributed by atoms with Gasteiger partial charge >= 0.3 is 0 Å². The van der Waals surface area contributed by atoms with Gasteiger partial charge in [0.2, 0.25) is 0 Å². The second-order valence-corrected chi connectivity index (χ2v) is 7.80. The van der Waals surface area contributed by atoms with Gasteiger partial charge in [-0.05, 0) is 85.8 Å². The summed E-state index contributed by atoms with van der Waals surface area (Å²) in [6.45, 7) is 1.96. The first-order valence-corrected chi connectivity index (χ1v) is 8.11. The number of hydrogen-bond acceptors (Lipinski definition) is 2. The third-order valence-electron chi connectivity index (χ3n) is 6.33. The Morgan fingerprint density at radius 2 is 1.65 bits per heavy atom. The fraction of sp³-hybridized carbons (Fsp3) is 0.667. The monoisotopic (exact) mass is 271 g/mol. The fourth-order valence-corrected chi connectivity index (χ4v) is 5.78. The van der Waals surface area contributed by atoms with Gasteiger partial charge in [-0.2, -0.15) is 0 Å². The van der Waals surface area contributed by atoms with Gasteiger partial charge in [0, 0.05) is 6.04 Å². The second-order valence-electron chi connectivity index (χ2n) is 7.80. The fourth-order valence-electron chi connectivity index (χ4n) is 5.78. The standard InChI is InChI=1S/C18H25NO/c1-11-4-15(2-3-16(11)20)17(19)18-8-12-5-13(9-18)7-14(6-12)10-18/h2-4,12-14,17,20H,5-10,19H2,1H3. The number of phenolic OH excluding ortho intramolecular Hbond substituents is 1. The average Bonchev–Trinajstić information content (AvgIpc) is 2.39. The Hall–Kier alpha value is -1.02. The van der Waals surface area contributed by atoms with Crippen LogP contribution in [0.1, 0.15) is 55.7 Å². The van der Waals surface area contributed by atoms with Gasteiger partial charge in [-0.3, -0.25) is 0 Å². The van der Waals surface area contributed by atoms with Gasteiger partial charge in [-0.15, -0.1) is 0 Å². The van der Waals surface area contributed by atoms with E-state index in [0.717, 1.165) is 23.3 Å². The average molecular weight is 271 g/mol. The van der Waals surface area contributed by atoms with Gasteiger partial charge in [0.25, 0.3) is 0 Å². The van der Waals surface area contributed by atoms with Crippen LogP contribution in [0.4, 0.5) is 0 Å². The molecular formula is C18H25NO. The molecule has 5 rings (SSSR count). The van der Waals surface area contributed by atoms with Crippen molar-refractivity contribution in [2.45, 2.75) is 51.5 Å². The van der Waals surface area contributed by atoms with Crippen molar-refractivity contribution < 1.29 is 5.11 Å². The van der Waals surface area contributed by atoms with E-state index in [-0.39, 0.29) is 6.04 Å². The third kappa shape index (κ3) is 1.81. The summed E-state index contributed by atoms with van der Waals surface area (Å²) in [7, 11) is 0. The minimum Gasteiger partial charge on any atom is -0.508 e. The molecule has 0 aliphatic heterocycles. The number of aromatic hydroxyl groups is 1. The van der Waals surface area contributed by atoms with Crippen LogP contribution in [0.3, 0.4) is 0 Å². The summed E-state index contributed by atoms with van der Waals surface area (Å²) < 4.78 is 0. The molecule has 108 valence electrons. The molecule has 0 heterocycles. The highest BCUT2D eigenvalue weighted by Gasteiger charge is 2.53. The summed E-state index contributed by atoms with van der Waals surface area (Å²) in [5, 5.41) is 9.72. The van der Waals surface area contributed by atoms with Crippen molar-refractivity contribution in [1.82, 2.24) is 0 Å². The van der Waals surface area contributed by atoms with Gasteiger partial charge < -0.3 is 10.8 Å². The number of aryl methyl sites for hydroxylation is 1. The highest BCUT2D eigenvalue weighted by Crippen LogP contribution is 2.63. The smallest absolute Gasteiger partial charge is 0.118 e. The maximum atomic E-state index is 9.72. The lowest BCUT2D eigenvalue weighted by molar-refractivity contribution is -0.0677. The van der Waals surface area contributed by atoms with E-state index in [1.807, 2.05) is 19.1 Å². The Kier molecular flexibility index (Phi) is 2.69. The molecule has 0 amide bonds. The molecule has 20 heavy (non-hydrogen) atoms. The summed E-state index contributed by atoms with van der Waals surface area (Å²) >= 11 is 0. The molecular weight excluding hydrogens is 246 g/mol. The summed E-state index contributed by atoms with van der Waals surface area (Å²) in [5.74, 6) is 3.19. The predicted octanol–water partition coefficient (Wildman–Crippen LogP) is 3.92. The lowest BCUT2D eigenvalue weighted by Gasteiger charge is -2.59. The Balaban J connectivity index is 1.67. The van der Waals surface area contributed by atoms with Crippen LogP contribution in [0.5, 0.6) is 5.75 Å². The summed E-state index contributed by atoms with van der Waals surface area (Å²) in [4.78, 5) is 0. The number of phenols is 1. The third-order valence-corrected chi connectivity index (χ3v) is 6.33. The van der Waals surface area contributed by atoms with Crippen molar-refractivity contribution in [2.75, 3.05) is 0 Å². The van der Waals surface area contributed by atoms with E-state index < -0.39 is 0 Å². The zero-order valence-electron chi connectivity index (χ0n) is 12.3. The second kappa shape index (κ2) is 4.24. The Bertz CT molecular complexity index is 501. The van der Waals surface area contributed by atoms with Crippen molar-refractivity contribution in [1.29, 1.82) is 0 Å². The largest absolute Gasteiger partial charge is 0.508 e. The van der Waals surface area contributed by atoms with Crippen LogP contribution in [0.25, 0.3) is 0 Å². The quantitative estimate of drug-likeness (QED) is 0.856. The van der Waals surface area contributed by atoms with E-state index in [1.54, 1.807) is 0 Å². The molecule has 4 aliphatic rings. The van der Waals surface area contributed by atoms with Crippen LogP contribution < -0.4 is 5.73 Å². The molecule has 4 saturated carbocycles. The number of benzene rings is 1. The minimum atomic E-state index is 0.148. The first-order chi connectivity index (χ1) is 9.56. The number of hydrogen-bond donors (Lipinski definition) is 2. The van der Waals surface area contributed by atoms with E-state index in [2.05, 4.69) is 6.07 Å². The van der Waals surface area contributed by atoms with Crippen LogP contribution in [0.2, 0.25) is 0 Å². The van der Waals surface area contributed by atoms with Crippen molar-refractivity contribution >= 4 is 0 Å². The van der Waals surface area contributed by atoms with E-state index in [4.69, 9.17) is 5.73 Å². The van der Waals surface area contributed by atoms with Gasteiger partial charge in [0.1, 0.15) is 5.75 Å². The summed E-state index contributed by atoms with van der Waals surface area (Å²) in [6.07, 6.45) is 8.38. The lowest BCUT2D eigenvalue weighted by atomic mass is 9.47. The zero-order chi connectivity index (χ0) is 13.9. The van der Waals surface area contributed by atoms with Crippen LogP contribution in [-0.2, 0) is 0 Å². The van der Waals surface area contributed by atoms with Gasteiger partial charge in [-0.1, -0.05) is 12.1 Å². The summed E-state index contributed by atoms with van der Waals surface area (Å²) in [5.41, 5.74) is 9.25. The van der Waals surface area contributed by atoms with E-state index >= 15 is 0 Å². The molecule has 4 aliphatic carbocycles. The highest BCUT2D eigenvalue weighted by molar-refractivity contribution is 5.37. The predicted molar refractivity (Wildman–Crippen MR) is 80.4 cm³/mol. The van der Waals surface area contributed by atoms with Crippen molar-refractivity contribution in [3.63, 3.8) is 0 Å². The molecule has 1 aromatic rings. The topological polar surface area (TPSA) is 46.2 Å². The maximum Gasteiger partial charge on any atom is 0.118 e. The van der Waals surface area contributed by atoms with Crippen LogP contribution in [0, 0.1) is 30.1 Å². The van der Waals surface area contributed by atoms with Crippen molar-refractivity contribution in [3.8, 4) is 5.75 Å². The maximum absolute atomic E-state index is 9.72.